The zero-order valence-electron chi connectivity index (χ0n) is 23.3. The molecule has 0 aliphatic rings. The van der Waals surface area contributed by atoms with Crippen molar-refractivity contribution in [2.45, 2.75) is 31.7 Å². The number of rotatable bonds is 10. The van der Waals surface area contributed by atoms with Crippen LogP contribution in [-0.4, -0.2) is 35.1 Å². The van der Waals surface area contributed by atoms with Gasteiger partial charge in [0, 0.05) is 6.07 Å². The lowest BCUT2D eigenvalue weighted by molar-refractivity contribution is -0.120. The minimum absolute atomic E-state index is 0.0179. The molecule has 0 aliphatic carbocycles. The monoisotopic (exact) mass is 558 g/mol. The number of carbonyl (C=O) groups is 1. The lowest BCUT2D eigenvalue weighted by Gasteiger charge is -2.27. The standard InChI is InChI=1S/C32H34N2O5S/c1-22-17-23(2)19-26(18-22)34(40(36,37)27-15-16-29(38-4)30(20-27)39-5)21-31(35)33-32(25-12-7-6-8-13-25)28-14-10-9-11-24(28)3/h6-20,32H,21H2,1-5H3,(H,33,35)/t32-/m0/s1. The number of anilines is 1. The molecule has 4 rings (SSSR count). The van der Waals surface area contributed by atoms with Crippen molar-refractivity contribution in [3.8, 4) is 11.5 Å². The first-order valence-corrected chi connectivity index (χ1v) is 14.3. The largest absolute Gasteiger partial charge is 0.493 e. The number of carbonyl (C=O) groups excluding carboxylic acids is 1. The molecule has 0 radical (unpaired) electrons. The van der Waals surface area contributed by atoms with Gasteiger partial charge in [-0.2, -0.15) is 0 Å². The molecule has 0 saturated heterocycles. The smallest absolute Gasteiger partial charge is 0.264 e. The van der Waals surface area contributed by atoms with Gasteiger partial charge in [0.15, 0.2) is 11.5 Å². The molecule has 7 nitrogen and oxygen atoms in total. The average Bonchev–Trinajstić information content (AvgIpc) is 2.94. The summed E-state index contributed by atoms with van der Waals surface area (Å²) in [4.78, 5) is 13.7. The maximum absolute atomic E-state index is 14.1. The summed E-state index contributed by atoms with van der Waals surface area (Å²) in [6.45, 7) is 5.35. The first kappa shape index (κ1) is 28.7. The Morgan fingerprint density at radius 1 is 0.800 bits per heavy atom. The molecular formula is C32H34N2O5S. The molecule has 0 saturated carbocycles. The molecule has 40 heavy (non-hydrogen) atoms. The minimum Gasteiger partial charge on any atom is -0.493 e. The zero-order valence-corrected chi connectivity index (χ0v) is 24.2. The first-order valence-electron chi connectivity index (χ1n) is 12.9. The van der Waals surface area contributed by atoms with E-state index in [1.807, 2.05) is 81.4 Å². The third-order valence-corrected chi connectivity index (χ3v) is 8.43. The van der Waals surface area contributed by atoms with Crippen LogP contribution >= 0.6 is 0 Å². The van der Waals surface area contributed by atoms with E-state index in [9.17, 15) is 13.2 Å². The van der Waals surface area contributed by atoms with Crippen molar-refractivity contribution in [3.63, 3.8) is 0 Å². The molecule has 0 heterocycles. The van der Waals surface area contributed by atoms with Gasteiger partial charge >= 0.3 is 0 Å². The second kappa shape index (κ2) is 12.3. The molecule has 0 fully saturated rings. The number of nitrogens with zero attached hydrogens (tertiary/aromatic N) is 1. The van der Waals surface area contributed by atoms with E-state index in [1.165, 1.54) is 32.4 Å². The highest BCUT2D eigenvalue weighted by molar-refractivity contribution is 7.92. The zero-order chi connectivity index (χ0) is 28.9. The van der Waals surface area contributed by atoms with Crippen molar-refractivity contribution in [3.05, 3.63) is 119 Å². The molecule has 0 bridgehead atoms. The second-order valence-electron chi connectivity index (χ2n) is 9.64. The third kappa shape index (κ3) is 6.29. The lowest BCUT2D eigenvalue weighted by Crippen LogP contribution is -2.42. The van der Waals surface area contributed by atoms with Crippen LogP contribution in [0, 0.1) is 20.8 Å². The Balaban J connectivity index is 1.75. The van der Waals surface area contributed by atoms with Crippen LogP contribution < -0.4 is 19.1 Å². The van der Waals surface area contributed by atoms with Crippen molar-refractivity contribution in [1.82, 2.24) is 5.32 Å². The highest BCUT2D eigenvalue weighted by Gasteiger charge is 2.30. The molecule has 0 unspecified atom stereocenters. The van der Waals surface area contributed by atoms with Crippen LogP contribution in [0.2, 0.25) is 0 Å². The number of hydrogen-bond donors (Lipinski definition) is 1. The molecule has 8 heteroatoms. The highest BCUT2D eigenvalue weighted by atomic mass is 32.2. The van der Waals surface area contributed by atoms with Crippen molar-refractivity contribution in [1.29, 1.82) is 0 Å². The van der Waals surface area contributed by atoms with Crippen LogP contribution in [0.15, 0.2) is 95.9 Å². The molecule has 4 aromatic carbocycles. The Labute approximate surface area is 236 Å². The van der Waals surface area contributed by atoms with Crippen molar-refractivity contribution >= 4 is 21.6 Å². The van der Waals surface area contributed by atoms with Crippen LogP contribution in [0.1, 0.15) is 33.9 Å². The maximum Gasteiger partial charge on any atom is 0.264 e. The fraction of sp³-hybridized carbons (Fsp3) is 0.219. The number of benzene rings is 4. The quantitative estimate of drug-likeness (QED) is 0.269. The summed E-state index contributed by atoms with van der Waals surface area (Å²) in [5.74, 6) is 0.235. The van der Waals surface area contributed by atoms with Crippen molar-refractivity contribution in [2.24, 2.45) is 0 Å². The molecule has 0 aromatic heterocycles. The molecule has 1 atom stereocenters. The summed E-state index contributed by atoms with van der Waals surface area (Å²) >= 11 is 0. The molecule has 0 aliphatic heterocycles. The Kier molecular flexibility index (Phi) is 8.80. The normalized spacial score (nSPS) is 11.9. The van der Waals surface area contributed by atoms with Gasteiger partial charge in [-0.05, 0) is 72.9 Å². The predicted octanol–water partition coefficient (Wildman–Crippen LogP) is 5.73. The van der Waals surface area contributed by atoms with Gasteiger partial charge in [0.05, 0.1) is 30.8 Å². The number of sulfonamides is 1. The van der Waals surface area contributed by atoms with Gasteiger partial charge < -0.3 is 14.8 Å². The fourth-order valence-corrected chi connectivity index (χ4v) is 6.17. The molecule has 4 aromatic rings. The fourth-order valence-electron chi connectivity index (χ4n) is 4.75. The van der Waals surface area contributed by atoms with E-state index in [1.54, 1.807) is 12.1 Å². The summed E-state index contributed by atoms with van der Waals surface area (Å²) in [6, 6.07) is 26.9. The number of nitrogens with one attached hydrogen (secondary N) is 1. The van der Waals surface area contributed by atoms with Gasteiger partial charge in [-0.3, -0.25) is 9.10 Å². The van der Waals surface area contributed by atoms with Crippen LogP contribution in [0.5, 0.6) is 11.5 Å². The molecule has 1 amide bonds. The Morgan fingerprint density at radius 3 is 2.05 bits per heavy atom. The lowest BCUT2D eigenvalue weighted by atomic mass is 9.95. The van der Waals surface area contributed by atoms with Crippen LogP contribution in [-0.2, 0) is 14.8 Å². The van der Waals surface area contributed by atoms with Crippen LogP contribution in [0.3, 0.4) is 0 Å². The number of aryl methyl sites for hydroxylation is 3. The van der Waals surface area contributed by atoms with Crippen LogP contribution in [0.25, 0.3) is 0 Å². The summed E-state index contributed by atoms with van der Waals surface area (Å²) in [6.07, 6.45) is 0. The van der Waals surface area contributed by atoms with E-state index in [2.05, 4.69) is 5.32 Å². The van der Waals surface area contributed by atoms with E-state index in [4.69, 9.17) is 9.47 Å². The van der Waals surface area contributed by atoms with Gasteiger partial charge in [0.1, 0.15) is 6.54 Å². The number of ether oxygens (including phenoxy) is 2. The Morgan fingerprint density at radius 2 is 1.43 bits per heavy atom. The highest BCUT2D eigenvalue weighted by Crippen LogP contribution is 2.33. The molecule has 208 valence electrons. The van der Waals surface area contributed by atoms with E-state index in [0.717, 1.165) is 32.1 Å². The maximum atomic E-state index is 14.1. The number of hydrogen-bond acceptors (Lipinski definition) is 5. The SMILES string of the molecule is COc1ccc(S(=O)(=O)N(CC(=O)N[C@@H](c2ccccc2)c2ccccc2C)c2cc(C)cc(C)c2)cc1OC. The summed E-state index contributed by atoms with van der Waals surface area (Å²) in [5.41, 5.74) is 5.00. The van der Waals surface area contributed by atoms with Gasteiger partial charge in [0.2, 0.25) is 5.91 Å². The Bertz CT molecular complexity index is 1580. The Hall–Kier alpha value is -4.30. The van der Waals surface area contributed by atoms with E-state index >= 15 is 0 Å². The topological polar surface area (TPSA) is 84.9 Å². The second-order valence-corrected chi connectivity index (χ2v) is 11.5. The number of methoxy groups -OCH3 is 2. The average molecular weight is 559 g/mol. The molecule has 1 N–H and O–H groups in total. The van der Waals surface area contributed by atoms with Crippen LogP contribution in [0.4, 0.5) is 5.69 Å². The summed E-state index contributed by atoms with van der Waals surface area (Å²) in [5, 5.41) is 3.09. The van der Waals surface area contributed by atoms with E-state index in [-0.39, 0.29) is 10.6 Å². The van der Waals surface area contributed by atoms with Gasteiger partial charge in [-0.1, -0.05) is 60.7 Å². The predicted molar refractivity (Wildman–Crippen MR) is 158 cm³/mol. The minimum atomic E-state index is -4.18. The van der Waals surface area contributed by atoms with Gasteiger partial charge in [-0.25, -0.2) is 8.42 Å². The van der Waals surface area contributed by atoms with Gasteiger partial charge in [0.25, 0.3) is 10.0 Å². The van der Waals surface area contributed by atoms with Crippen molar-refractivity contribution < 1.29 is 22.7 Å². The van der Waals surface area contributed by atoms with E-state index in [0.29, 0.717) is 11.4 Å². The van der Waals surface area contributed by atoms with Gasteiger partial charge in [-0.15, -0.1) is 0 Å². The summed E-state index contributed by atoms with van der Waals surface area (Å²) in [7, 11) is -1.25. The van der Waals surface area contributed by atoms with Crippen molar-refractivity contribution in [2.75, 3.05) is 25.1 Å². The van der Waals surface area contributed by atoms with E-state index < -0.39 is 28.5 Å². The number of amides is 1. The first-order chi connectivity index (χ1) is 19.1. The molecular weight excluding hydrogens is 524 g/mol. The molecule has 0 spiro atoms. The third-order valence-electron chi connectivity index (χ3n) is 6.66. The summed E-state index contributed by atoms with van der Waals surface area (Å²) < 4.78 is 40.0.